The Morgan fingerprint density at radius 2 is 1.95 bits per heavy atom. The summed E-state index contributed by atoms with van der Waals surface area (Å²) in [7, 11) is 4.35. The van der Waals surface area contributed by atoms with Crippen LogP contribution in [0, 0.1) is 23.7 Å². The Labute approximate surface area is 260 Å². The fraction of sp³-hybridized carbons (Fsp3) is 0.559. The van der Waals surface area contributed by atoms with Crippen molar-refractivity contribution in [3.8, 4) is 11.8 Å². The first kappa shape index (κ1) is 36.9. The van der Waals surface area contributed by atoms with Crippen molar-refractivity contribution in [3.63, 3.8) is 0 Å². The number of aliphatic imine (C=N–C) groups is 1. The summed E-state index contributed by atoms with van der Waals surface area (Å²) >= 11 is 3.45. The van der Waals surface area contributed by atoms with Crippen LogP contribution in [0.4, 0.5) is 0 Å². The third-order valence-electron chi connectivity index (χ3n) is 6.08. The molecule has 1 heterocycles. The number of nitrogens with zero attached hydrogens (tertiary/aromatic N) is 1. The van der Waals surface area contributed by atoms with Gasteiger partial charge in [0.1, 0.15) is 0 Å². The SMILES string of the molecule is B=C(N[C@@H](CCCCCC#C/C(C)=C\C=C)C1=CSC(/C(=C/C=C)SCC)=NC1)[C@H](CC(C)C)C(=O)OC(C)(C)C. The Morgan fingerprint density at radius 1 is 1.24 bits per heavy atom. The Balaban J connectivity index is 3.03. The first-order chi connectivity index (χ1) is 19.4. The average molecular weight is 595 g/mol. The van der Waals surface area contributed by atoms with Gasteiger partial charge in [0.25, 0.3) is 0 Å². The van der Waals surface area contributed by atoms with E-state index in [-0.39, 0.29) is 12.0 Å². The van der Waals surface area contributed by atoms with E-state index in [0.717, 1.165) is 59.0 Å². The quantitative estimate of drug-likeness (QED) is 0.0610. The maximum absolute atomic E-state index is 13.2. The number of carbonyl (C=O) groups is 1. The van der Waals surface area contributed by atoms with Crippen LogP contribution in [-0.4, -0.2) is 48.0 Å². The Morgan fingerprint density at radius 3 is 2.51 bits per heavy atom. The number of allylic oxidation sites excluding steroid dienone is 5. The molecule has 224 valence electrons. The molecule has 0 spiro atoms. The Kier molecular flexibility index (Phi) is 17.9. The van der Waals surface area contributed by atoms with Crippen LogP contribution in [0.2, 0.25) is 0 Å². The van der Waals surface area contributed by atoms with E-state index in [0.29, 0.717) is 18.9 Å². The molecule has 0 bridgehead atoms. The van der Waals surface area contributed by atoms with Gasteiger partial charge in [0.2, 0.25) is 0 Å². The minimum atomic E-state index is -0.546. The van der Waals surface area contributed by atoms with Gasteiger partial charge < -0.3 is 0 Å². The van der Waals surface area contributed by atoms with Crippen LogP contribution in [0.15, 0.2) is 63.9 Å². The van der Waals surface area contributed by atoms with E-state index in [4.69, 9.17) is 9.73 Å². The fourth-order valence-corrected chi connectivity index (χ4v) is 6.04. The van der Waals surface area contributed by atoms with Gasteiger partial charge in [-0.3, -0.25) is 0 Å². The van der Waals surface area contributed by atoms with Crippen LogP contribution in [0.25, 0.3) is 0 Å². The molecule has 0 radical (unpaired) electrons. The topological polar surface area (TPSA) is 50.7 Å². The van der Waals surface area contributed by atoms with Crippen LogP contribution in [0.3, 0.4) is 0 Å². The van der Waals surface area contributed by atoms with Crippen molar-refractivity contribution in [2.45, 2.75) is 98.6 Å². The fourth-order valence-electron chi connectivity index (χ4n) is 4.20. The summed E-state index contributed by atoms with van der Waals surface area (Å²) in [6.45, 7) is 22.3. The summed E-state index contributed by atoms with van der Waals surface area (Å²) in [4.78, 5) is 19.3. The molecule has 1 rings (SSSR count). The van der Waals surface area contributed by atoms with Gasteiger partial charge in [-0.25, -0.2) is 0 Å². The number of nitrogens with one attached hydrogen (secondary N) is 1. The standard InChI is InChI=1S/C34H51BN2O2S2/c1-10-18-26(6)20-16-14-13-15-17-21-29(27-23-36-32(41-24-27)30(19-11-2)40-12-3)37-31(35)28(22-25(4)5)33(38)39-34(7,8)9/h10-11,18-19,24-25,28-29,35,37H,1-2,12-15,17,21-23H2,3-9H3/b26-18-,30-19-/t28-,29-/m0/s1. The summed E-state index contributed by atoms with van der Waals surface area (Å²) in [5, 5.41) is 6.92. The molecule has 0 fully saturated rings. The number of rotatable bonds is 17. The van der Waals surface area contributed by atoms with Crippen molar-refractivity contribution in [2.75, 3.05) is 12.3 Å². The second-order valence-corrected chi connectivity index (χ2v) is 13.7. The molecule has 0 saturated carbocycles. The number of ether oxygens (including phenoxy) is 1. The van der Waals surface area contributed by atoms with Gasteiger partial charge in [0.15, 0.2) is 0 Å². The van der Waals surface area contributed by atoms with E-state index < -0.39 is 11.5 Å². The summed E-state index contributed by atoms with van der Waals surface area (Å²) in [6, 6.07) is 0.0481. The summed E-state index contributed by atoms with van der Waals surface area (Å²) in [5.41, 5.74) is 2.43. The second-order valence-electron chi connectivity index (χ2n) is 11.6. The Bertz CT molecular complexity index is 1080. The molecule has 1 aliphatic heterocycles. The first-order valence-electron chi connectivity index (χ1n) is 14.7. The van der Waals surface area contributed by atoms with E-state index in [2.05, 4.69) is 64.0 Å². The van der Waals surface area contributed by atoms with Crippen molar-refractivity contribution in [1.29, 1.82) is 0 Å². The zero-order valence-corrected chi connectivity index (χ0v) is 28.1. The molecule has 0 aromatic carbocycles. The van der Waals surface area contributed by atoms with E-state index in [1.807, 2.05) is 45.9 Å². The molecule has 7 heteroatoms. The predicted octanol–water partition coefficient (Wildman–Crippen LogP) is 7.92. The molecule has 1 aliphatic rings. The number of thioether (sulfide) groups is 2. The monoisotopic (exact) mass is 594 g/mol. The summed E-state index contributed by atoms with van der Waals surface area (Å²) in [6.07, 6.45) is 13.2. The van der Waals surface area contributed by atoms with Gasteiger partial charge in [0.05, 0.1) is 0 Å². The van der Waals surface area contributed by atoms with Gasteiger partial charge in [-0.15, -0.1) is 0 Å². The molecule has 0 saturated heterocycles. The number of unbranched alkanes of at least 4 members (excludes halogenated alkanes) is 3. The zero-order chi connectivity index (χ0) is 30.8. The maximum atomic E-state index is 13.2. The van der Waals surface area contributed by atoms with Crippen LogP contribution >= 0.6 is 23.5 Å². The predicted molar refractivity (Wildman–Crippen MR) is 187 cm³/mol. The van der Waals surface area contributed by atoms with Crippen molar-refractivity contribution in [1.82, 2.24) is 5.32 Å². The van der Waals surface area contributed by atoms with Crippen molar-refractivity contribution in [2.24, 2.45) is 16.8 Å². The molecular formula is C34H51BN2O2S2. The van der Waals surface area contributed by atoms with Crippen molar-refractivity contribution >= 4 is 47.6 Å². The number of carbonyl (C=O) groups excluding carboxylic acids is 1. The normalized spacial score (nSPS) is 15.6. The third-order valence-corrected chi connectivity index (χ3v) is 8.13. The van der Waals surface area contributed by atoms with E-state index in [9.17, 15) is 4.79 Å². The van der Waals surface area contributed by atoms with Gasteiger partial charge in [-0.05, 0) is 0 Å². The second kappa shape index (κ2) is 19.9. The molecule has 0 aromatic rings. The molecule has 0 unspecified atom stereocenters. The summed E-state index contributed by atoms with van der Waals surface area (Å²) < 4.78 is 5.78. The van der Waals surface area contributed by atoms with Gasteiger partial charge in [-0.1, -0.05) is 12.7 Å². The van der Waals surface area contributed by atoms with Crippen LogP contribution in [0.5, 0.6) is 0 Å². The number of hydrogen-bond acceptors (Lipinski definition) is 6. The van der Waals surface area contributed by atoms with Gasteiger partial charge in [0, 0.05) is 0 Å². The van der Waals surface area contributed by atoms with Crippen LogP contribution < -0.4 is 5.32 Å². The van der Waals surface area contributed by atoms with E-state index >= 15 is 0 Å². The van der Waals surface area contributed by atoms with Crippen molar-refractivity contribution in [3.05, 3.63) is 58.9 Å². The molecular weight excluding hydrogens is 543 g/mol. The molecule has 0 aromatic heterocycles. The molecule has 0 aliphatic carbocycles. The Hall–Kier alpha value is -2.17. The summed E-state index contributed by atoms with van der Waals surface area (Å²) in [5.74, 6) is 7.13. The molecule has 1 N–H and O–H groups in total. The number of esters is 1. The number of hydrogen-bond donors (Lipinski definition) is 1. The molecule has 0 amide bonds. The zero-order valence-electron chi connectivity index (χ0n) is 26.5. The van der Waals surface area contributed by atoms with Crippen LogP contribution in [0.1, 0.15) is 87.0 Å². The molecule has 4 nitrogen and oxygen atoms in total. The van der Waals surface area contributed by atoms with E-state index in [1.165, 1.54) is 5.57 Å². The molecule has 41 heavy (non-hydrogen) atoms. The van der Waals surface area contributed by atoms with Crippen molar-refractivity contribution < 1.29 is 9.53 Å². The molecule has 2 atom stereocenters. The third kappa shape index (κ3) is 15.6. The van der Waals surface area contributed by atoms with E-state index in [1.54, 1.807) is 29.6 Å². The minimum absolute atomic E-state index is 0.0481. The van der Waals surface area contributed by atoms with Gasteiger partial charge >= 0.3 is 248 Å². The first-order valence-corrected chi connectivity index (χ1v) is 16.6. The van der Waals surface area contributed by atoms with Gasteiger partial charge in [-0.2, -0.15) is 0 Å². The average Bonchev–Trinajstić information content (AvgIpc) is 2.89. The van der Waals surface area contributed by atoms with Crippen LogP contribution in [-0.2, 0) is 9.53 Å².